The van der Waals surface area contributed by atoms with E-state index >= 15 is 0 Å². The standard InChI is InChI=1S/C49H30N4/c50-31-32-14-13-27-48(49(32)39-20-6-12-26-46(39)52-43-23-9-3-17-36(43)37-18-4-10-24-44(37)52)53-45-25-11-5-19-38(45)40-30-33(28-29-47(40)53)51-41-21-7-1-15-34(41)35-16-2-8-22-42(35)51/h1-30H. The van der Waals surface area contributed by atoms with E-state index in [0.29, 0.717) is 5.56 Å². The maximum Gasteiger partial charge on any atom is 0.0998 e. The van der Waals surface area contributed by atoms with Crippen LogP contribution < -0.4 is 0 Å². The van der Waals surface area contributed by atoms with Gasteiger partial charge in [-0.05, 0) is 66.7 Å². The van der Waals surface area contributed by atoms with Gasteiger partial charge in [0.2, 0.25) is 0 Å². The first-order valence-corrected chi connectivity index (χ1v) is 17.9. The Morgan fingerprint density at radius 3 is 1.30 bits per heavy atom. The van der Waals surface area contributed by atoms with Gasteiger partial charge in [-0.3, -0.25) is 0 Å². The summed E-state index contributed by atoms with van der Waals surface area (Å²) in [6.45, 7) is 0. The van der Waals surface area contributed by atoms with Crippen molar-refractivity contribution >= 4 is 65.4 Å². The molecule has 0 aliphatic heterocycles. The molecule has 0 atom stereocenters. The summed E-state index contributed by atoms with van der Waals surface area (Å²) in [5.41, 5.74) is 12.4. The van der Waals surface area contributed by atoms with Gasteiger partial charge < -0.3 is 13.7 Å². The molecule has 0 amide bonds. The Kier molecular flexibility index (Phi) is 6.28. The van der Waals surface area contributed by atoms with Crippen LogP contribution in [0.15, 0.2) is 182 Å². The van der Waals surface area contributed by atoms with E-state index in [-0.39, 0.29) is 0 Å². The second kappa shape index (κ2) is 11.3. The molecule has 53 heavy (non-hydrogen) atoms. The lowest BCUT2D eigenvalue weighted by atomic mass is 9.96. The largest absolute Gasteiger partial charge is 0.309 e. The summed E-state index contributed by atoms with van der Waals surface area (Å²) in [5.74, 6) is 0. The maximum absolute atomic E-state index is 10.7. The predicted octanol–water partition coefficient (Wildman–Crippen LogP) is 12.5. The number of para-hydroxylation sites is 6. The Bertz CT molecular complexity index is 3200. The van der Waals surface area contributed by atoms with Crippen LogP contribution in [0, 0.1) is 11.3 Å². The molecule has 0 fully saturated rings. The number of nitriles is 1. The smallest absolute Gasteiger partial charge is 0.0998 e. The van der Waals surface area contributed by atoms with Crippen molar-refractivity contribution in [2.24, 2.45) is 0 Å². The van der Waals surface area contributed by atoms with Crippen LogP contribution >= 0.6 is 0 Å². The minimum absolute atomic E-state index is 0.628. The molecule has 0 unspecified atom stereocenters. The van der Waals surface area contributed by atoms with Crippen LogP contribution in [0.3, 0.4) is 0 Å². The lowest BCUT2D eigenvalue weighted by Gasteiger charge is -2.19. The van der Waals surface area contributed by atoms with Gasteiger partial charge >= 0.3 is 0 Å². The minimum atomic E-state index is 0.628. The molecule has 8 aromatic carbocycles. The average molecular weight is 675 g/mol. The summed E-state index contributed by atoms with van der Waals surface area (Å²) >= 11 is 0. The van der Waals surface area contributed by atoms with Crippen molar-refractivity contribution < 1.29 is 0 Å². The first-order valence-electron chi connectivity index (χ1n) is 17.9. The molecule has 3 heterocycles. The zero-order chi connectivity index (χ0) is 35.0. The molecule has 4 nitrogen and oxygen atoms in total. The van der Waals surface area contributed by atoms with Crippen molar-refractivity contribution in [3.8, 4) is 34.3 Å². The molecule has 4 heteroatoms. The molecule has 246 valence electrons. The van der Waals surface area contributed by atoms with Crippen molar-refractivity contribution in [2.75, 3.05) is 0 Å². The SMILES string of the molecule is N#Cc1cccc(-n2c3ccccc3c3cc(-n4c5ccccc5c5ccccc54)ccc32)c1-c1ccccc1-n1c2ccccc2c2ccccc21. The van der Waals surface area contributed by atoms with Crippen molar-refractivity contribution in [3.63, 3.8) is 0 Å². The van der Waals surface area contributed by atoms with Gasteiger partial charge in [0.1, 0.15) is 0 Å². The lowest BCUT2D eigenvalue weighted by molar-refractivity contribution is 1.15. The van der Waals surface area contributed by atoms with Gasteiger partial charge in [-0.15, -0.1) is 0 Å². The Balaban J connectivity index is 1.20. The van der Waals surface area contributed by atoms with Gasteiger partial charge in [0.25, 0.3) is 0 Å². The molecule has 0 N–H and O–H groups in total. The third-order valence-corrected chi connectivity index (χ3v) is 10.9. The van der Waals surface area contributed by atoms with Crippen molar-refractivity contribution in [3.05, 3.63) is 188 Å². The van der Waals surface area contributed by atoms with Gasteiger partial charge in [-0.1, -0.05) is 115 Å². The first kappa shape index (κ1) is 29.4. The van der Waals surface area contributed by atoms with E-state index in [0.717, 1.165) is 61.0 Å². The highest BCUT2D eigenvalue weighted by molar-refractivity contribution is 6.13. The van der Waals surface area contributed by atoms with Crippen molar-refractivity contribution in [1.82, 2.24) is 13.7 Å². The van der Waals surface area contributed by atoms with Crippen LogP contribution in [0.5, 0.6) is 0 Å². The molecule has 3 aromatic heterocycles. The highest BCUT2D eigenvalue weighted by Gasteiger charge is 2.23. The fourth-order valence-corrected chi connectivity index (χ4v) is 8.73. The number of nitrogens with zero attached hydrogens (tertiary/aromatic N) is 4. The van der Waals surface area contributed by atoms with Crippen LogP contribution in [0.1, 0.15) is 5.56 Å². The van der Waals surface area contributed by atoms with E-state index < -0.39 is 0 Å². The van der Waals surface area contributed by atoms with Crippen LogP contribution in [0.4, 0.5) is 0 Å². The second-order valence-corrected chi connectivity index (χ2v) is 13.6. The number of fused-ring (bicyclic) bond motifs is 9. The monoisotopic (exact) mass is 674 g/mol. The number of rotatable bonds is 4. The number of benzene rings is 8. The predicted molar refractivity (Wildman–Crippen MR) is 220 cm³/mol. The molecule has 0 aliphatic carbocycles. The van der Waals surface area contributed by atoms with Crippen molar-refractivity contribution in [1.29, 1.82) is 5.26 Å². The number of aromatic nitrogens is 3. The topological polar surface area (TPSA) is 38.6 Å². The van der Waals surface area contributed by atoms with E-state index in [1.54, 1.807) is 0 Å². The quantitative estimate of drug-likeness (QED) is 0.183. The van der Waals surface area contributed by atoms with E-state index in [9.17, 15) is 5.26 Å². The highest BCUT2D eigenvalue weighted by Crippen LogP contribution is 2.43. The minimum Gasteiger partial charge on any atom is -0.309 e. The summed E-state index contributed by atoms with van der Waals surface area (Å²) < 4.78 is 7.07. The zero-order valence-electron chi connectivity index (χ0n) is 28.6. The fourth-order valence-electron chi connectivity index (χ4n) is 8.73. The number of hydrogen-bond donors (Lipinski definition) is 0. The fraction of sp³-hybridized carbons (Fsp3) is 0. The summed E-state index contributed by atoms with van der Waals surface area (Å²) in [6.07, 6.45) is 0. The Morgan fingerprint density at radius 2 is 0.755 bits per heavy atom. The molecule has 11 aromatic rings. The van der Waals surface area contributed by atoms with Gasteiger partial charge in [0, 0.05) is 49.1 Å². The molecular weight excluding hydrogens is 645 g/mol. The average Bonchev–Trinajstić information content (AvgIpc) is 3.86. The maximum atomic E-state index is 10.7. The molecule has 0 spiro atoms. The third-order valence-electron chi connectivity index (χ3n) is 10.9. The van der Waals surface area contributed by atoms with Gasteiger partial charge in [0.15, 0.2) is 0 Å². The normalized spacial score (nSPS) is 11.8. The van der Waals surface area contributed by atoms with Gasteiger partial charge in [0.05, 0.1) is 56.1 Å². The summed E-state index contributed by atoms with van der Waals surface area (Å²) in [4.78, 5) is 0. The van der Waals surface area contributed by atoms with E-state index in [2.05, 4.69) is 190 Å². The molecular formula is C49H30N4. The van der Waals surface area contributed by atoms with E-state index in [4.69, 9.17) is 0 Å². The summed E-state index contributed by atoms with van der Waals surface area (Å²) in [5, 5.41) is 17.9. The van der Waals surface area contributed by atoms with E-state index in [1.165, 1.54) is 32.6 Å². The summed E-state index contributed by atoms with van der Waals surface area (Å²) in [6, 6.07) is 67.0. The molecule has 0 saturated carbocycles. The van der Waals surface area contributed by atoms with Crippen LogP contribution in [0.2, 0.25) is 0 Å². The first-order chi connectivity index (χ1) is 26.3. The highest BCUT2D eigenvalue weighted by atomic mass is 15.0. The second-order valence-electron chi connectivity index (χ2n) is 13.6. The number of hydrogen-bond acceptors (Lipinski definition) is 1. The van der Waals surface area contributed by atoms with Gasteiger partial charge in [-0.2, -0.15) is 5.26 Å². The zero-order valence-corrected chi connectivity index (χ0v) is 28.6. The van der Waals surface area contributed by atoms with Crippen molar-refractivity contribution in [2.45, 2.75) is 0 Å². The van der Waals surface area contributed by atoms with Crippen LogP contribution in [-0.4, -0.2) is 13.7 Å². The lowest BCUT2D eigenvalue weighted by Crippen LogP contribution is -2.03. The third kappa shape index (κ3) is 4.16. The van der Waals surface area contributed by atoms with Crippen LogP contribution in [0.25, 0.3) is 93.6 Å². The Hall–Kier alpha value is -7.35. The molecule has 0 aliphatic rings. The summed E-state index contributed by atoms with van der Waals surface area (Å²) in [7, 11) is 0. The Labute approximate surface area is 305 Å². The molecule has 0 saturated heterocycles. The Morgan fingerprint density at radius 1 is 0.340 bits per heavy atom. The molecule has 0 radical (unpaired) electrons. The van der Waals surface area contributed by atoms with Crippen LogP contribution in [-0.2, 0) is 0 Å². The van der Waals surface area contributed by atoms with E-state index in [1.807, 2.05) is 12.1 Å². The van der Waals surface area contributed by atoms with Gasteiger partial charge in [-0.25, -0.2) is 0 Å². The molecule has 0 bridgehead atoms. The molecule has 11 rings (SSSR count).